The molecule has 1 aromatic rings. The van der Waals surface area contributed by atoms with E-state index in [0.717, 1.165) is 12.8 Å². The number of alkyl halides is 1. The van der Waals surface area contributed by atoms with E-state index in [0.29, 0.717) is 17.3 Å². The molecular weight excluding hydrogens is 321 g/mol. The second-order valence-corrected chi connectivity index (χ2v) is 6.10. The number of nitrogens with one attached hydrogen (secondary N) is 1. The highest BCUT2D eigenvalue weighted by Gasteiger charge is 2.25. The van der Waals surface area contributed by atoms with Crippen LogP contribution in [0, 0.1) is 11.7 Å². The lowest BCUT2D eigenvalue weighted by atomic mass is 10.1. The number of rotatable bonds is 3. The van der Waals surface area contributed by atoms with Crippen LogP contribution in [0.3, 0.4) is 0 Å². The molecule has 0 aromatic heterocycles. The fourth-order valence-electron chi connectivity index (χ4n) is 2.22. The first kappa shape index (κ1) is 13.8. The number of benzene rings is 1. The van der Waals surface area contributed by atoms with Gasteiger partial charge in [0.15, 0.2) is 5.82 Å². The minimum atomic E-state index is -0.654. The third-order valence-electron chi connectivity index (χ3n) is 3.29. The third-order valence-corrected chi connectivity index (χ3v) is 4.78. The van der Waals surface area contributed by atoms with E-state index in [9.17, 15) is 9.18 Å². The van der Waals surface area contributed by atoms with E-state index >= 15 is 0 Å². The molecule has 1 N–H and O–H groups in total. The van der Waals surface area contributed by atoms with Gasteiger partial charge in [-0.05, 0) is 30.9 Å². The Hall–Kier alpha value is -0.610. The minimum absolute atomic E-state index is 0.00613. The molecule has 0 saturated heterocycles. The molecule has 2 rings (SSSR count). The summed E-state index contributed by atoms with van der Waals surface area (Å²) >= 11 is 9.24. The SMILES string of the molecule is O=C(NCC1CCCC1Br)c1cccc(Cl)c1F. The average Bonchev–Trinajstić information content (AvgIpc) is 2.75. The first-order valence-electron chi connectivity index (χ1n) is 5.96. The van der Waals surface area contributed by atoms with Crippen molar-refractivity contribution in [3.8, 4) is 0 Å². The van der Waals surface area contributed by atoms with Crippen molar-refractivity contribution in [2.75, 3.05) is 6.54 Å². The van der Waals surface area contributed by atoms with E-state index in [-0.39, 0.29) is 10.6 Å². The molecule has 1 fully saturated rings. The maximum absolute atomic E-state index is 13.6. The van der Waals surface area contributed by atoms with Gasteiger partial charge in [0.2, 0.25) is 0 Å². The summed E-state index contributed by atoms with van der Waals surface area (Å²) in [6.45, 7) is 0.570. The van der Waals surface area contributed by atoms with Crippen LogP contribution >= 0.6 is 27.5 Å². The number of carbonyl (C=O) groups excluding carboxylic acids is 1. The molecule has 18 heavy (non-hydrogen) atoms. The predicted octanol–water partition coefficient (Wildman–Crippen LogP) is 3.77. The smallest absolute Gasteiger partial charge is 0.254 e. The van der Waals surface area contributed by atoms with E-state index in [1.165, 1.54) is 18.6 Å². The Morgan fingerprint density at radius 3 is 2.94 bits per heavy atom. The second-order valence-electron chi connectivity index (χ2n) is 4.52. The summed E-state index contributed by atoms with van der Waals surface area (Å²) in [5.41, 5.74) is 0.00613. The zero-order valence-electron chi connectivity index (χ0n) is 9.76. The lowest BCUT2D eigenvalue weighted by Gasteiger charge is -2.15. The van der Waals surface area contributed by atoms with E-state index in [1.807, 2.05) is 0 Å². The molecule has 0 aliphatic heterocycles. The highest BCUT2D eigenvalue weighted by atomic mass is 79.9. The fourth-order valence-corrected chi connectivity index (χ4v) is 3.17. The van der Waals surface area contributed by atoms with Gasteiger partial charge >= 0.3 is 0 Å². The topological polar surface area (TPSA) is 29.1 Å². The molecule has 1 aromatic carbocycles. The largest absolute Gasteiger partial charge is 0.352 e. The lowest BCUT2D eigenvalue weighted by molar-refractivity contribution is 0.0944. The molecule has 5 heteroatoms. The number of halogens is 3. The molecule has 1 aliphatic carbocycles. The van der Waals surface area contributed by atoms with Crippen LogP contribution in [0.2, 0.25) is 5.02 Å². The van der Waals surface area contributed by atoms with E-state index in [2.05, 4.69) is 21.2 Å². The zero-order chi connectivity index (χ0) is 13.1. The Balaban J connectivity index is 1.97. The maximum atomic E-state index is 13.6. The summed E-state index contributed by atoms with van der Waals surface area (Å²) < 4.78 is 13.6. The predicted molar refractivity (Wildman–Crippen MR) is 73.8 cm³/mol. The maximum Gasteiger partial charge on any atom is 0.254 e. The van der Waals surface area contributed by atoms with Crippen molar-refractivity contribution in [1.29, 1.82) is 0 Å². The van der Waals surface area contributed by atoms with Gasteiger partial charge in [0.1, 0.15) is 0 Å². The summed E-state index contributed by atoms with van der Waals surface area (Å²) in [6, 6.07) is 4.44. The molecule has 98 valence electrons. The quantitative estimate of drug-likeness (QED) is 0.838. The van der Waals surface area contributed by atoms with Gasteiger partial charge in [0, 0.05) is 11.4 Å². The average molecular weight is 335 g/mol. The van der Waals surface area contributed by atoms with Gasteiger partial charge < -0.3 is 5.32 Å². The monoisotopic (exact) mass is 333 g/mol. The van der Waals surface area contributed by atoms with Crippen molar-refractivity contribution in [1.82, 2.24) is 5.32 Å². The summed E-state index contributed by atoms with van der Waals surface area (Å²) in [5.74, 6) is -0.628. The van der Waals surface area contributed by atoms with Crippen molar-refractivity contribution in [3.05, 3.63) is 34.6 Å². The number of hydrogen-bond acceptors (Lipinski definition) is 1. The fraction of sp³-hybridized carbons (Fsp3) is 0.462. The van der Waals surface area contributed by atoms with Crippen molar-refractivity contribution in [3.63, 3.8) is 0 Å². The van der Waals surface area contributed by atoms with Gasteiger partial charge in [0.05, 0.1) is 10.6 Å². The molecule has 0 radical (unpaired) electrons. The van der Waals surface area contributed by atoms with Crippen molar-refractivity contribution < 1.29 is 9.18 Å². The Bertz CT molecular complexity index is 455. The zero-order valence-corrected chi connectivity index (χ0v) is 12.1. The van der Waals surface area contributed by atoms with Gasteiger partial charge in [-0.3, -0.25) is 4.79 Å². The van der Waals surface area contributed by atoms with Gasteiger partial charge in [-0.1, -0.05) is 40.0 Å². The molecule has 0 spiro atoms. The van der Waals surface area contributed by atoms with Crippen molar-refractivity contribution in [2.45, 2.75) is 24.1 Å². The molecule has 0 heterocycles. The van der Waals surface area contributed by atoms with Crippen LogP contribution in [0.4, 0.5) is 4.39 Å². The van der Waals surface area contributed by atoms with Crippen LogP contribution in [-0.4, -0.2) is 17.3 Å². The summed E-state index contributed by atoms with van der Waals surface area (Å²) in [5, 5.41) is 2.75. The summed E-state index contributed by atoms with van der Waals surface area (Å²) in [4.78, 5) is 12.3. The molecule has 1 amide bonds. The molecular formula is C13H14BrClFNO. The Morgan fingerprint density at radius 2 is 2.28 bits per heavy atom. The van der Waals surface area contributed by atoms with E-state index in [1.54, 1.807) is 6.07 Å². The number of amides is 1. The van der Waals surface area contributed by atoms with Gasteiger partial charge in [0.25, 0.3) is 5.91 Å². The van der Waals surface area contributed by atoms with Crippen LogP contribution in [0.25, 0.3) is 0 Å². The Labute approximate surface area is 119 Å². The van der Waals surface area contributed by atoms with Crippen LogP contribution in [0.5, 0.6) is 0 Å². The van der Waals surface area contributed by atoms with Gasteiger partial charge in [-0.15, -0.1) is 0 Å². The molecule has 1 saturated carbocycles. The molecule has 2 atom stereocenters. The molecule has 2 nitrogen and oxygen atoms in total. The van der Waals surface area contributed by atoms with Gasteiger partial charge in [-0.2, -0.15) is 0 Å². The standard InChI is InChI=1S/C13H14BrClFNO/c14-10-5-1-3-8(10)7-17-13(18)9-4-2-6-11(15)12(9)16/h2,4,6,8,10H,1,3,5,7H2,(H,17,18). The van der Waals surface area contributed by atoms with Crippen LogP contribution in [0.15, 0.2) is 18.2 Å². The van der Waals surface area contributed by atoms with Crippen LogP contribution in [-0.2, 0) is 0 Å². The number of hydrogen-bond donors (Lipinski definition) is 1. The third kappa shape index (κ3) is 3.04. The number of carbonyl (C=O) groups is 1. The normalized spacial score (nSPS) is 23.1. The van der Waals surface area contributed by atoms with Crippen LogP contribution < -0.4 is 5.32 Å². The van der Waals surface area contributed by atoms with E-state index in [4.69, 9.17) is 11.6 Å². The van der Waals surface area contributed by atoms with Crippen molar-refractivity contribution in [2.24, 2.45) is 5.92 Å². The van der Waals surface area contributed by atoms with Gasteiger partial charge in [-0.25, -0.2) is 4.39 Å². The van der Waals surface area contributed by atoms with Crippen molar-refractivity contribution >= 4 is 33.4 Å². The highest BCUT2D eigenvalue weighted by Crippen LogP contribution is 2.30. The molecule has 2 unspecified atom stereocenters. The first-order valence-corrected chi connectivity index (χ1v) is 7.25. The van der Waals surface area contributed by atoms with Crippen LogP contribution in [0.1, 0.15) is 29.6 Å². The summed E-state index contributed by atoms with van der Waals surface area (Å²) in [6.07, 6.45) is 3.39. The highest BCUT2D eigenvalue weighted by molar-refractivity contribution is 9.09. The van der Waals surface area contributed by atoms with E-state index < -0.39 is 11.7 Å². The summed E-state index contributed by atoms with van der Waals surface area (Å²) in [7, 11) is 0. The Kier molecular flexibility index (Phi) is 4.62. The lowest BCUT2D eigenvalue weighted by Crippen LogP contribution is -2.31. The Morgan fingerprint density at radius 1 is 1.50 bits per heavy atom. The second kappa shape index (κ2) is 6.02. The molecule has 1 aliphatic rings. The molecule has 0 bridgehead atoms. The minimum Gasteiger partial charge on any atom is -0.352 e. The first-order chi connectivity index (χ1) is 8.59.